The van der Waals surface area contributed by atoms with Crippen LogP contribution in [-0.2, 0) is 10.2 Å². The molecule has 6 nitrogen and oxygen atoms in total. The predicted molar refractivity (Wildman–Crippen MR) is 83.7 cm³/mol. The predicted octanol–water partition coefficient (Wildman–Crippen LogP) is 1.47. The number of nitrogens with one attached hydrogen (secondary N) is 1. The van der Waals surface area contributed by atoms with E-state index in [9.17, 15) is 8.42 Å². The van der Waals surface area contributed by atoms with Crippen LogP contribution in [0.4, 0.5) is 5.69 Å². The fraction of sp³-hybridized carbons (Fsp3) is 0.571. The van der Waals surface area contributed by atoms with Crippen LogP contribution in [0.15, 0.2) is 18.2 Å². The van der Waals surface area contributed by atoms with E-state index in [1.165, 1.54) is 4.31 Å². The lowest BCUT2D eigenvalue weighted by Gasteiger charge is -2.33. The fourth-order valence-electron chi connectivity index (χ4n) is 2.68. The van der Waals surface area contributed by atoms with Gasteiger partial charge in [-0.25, -0.2) is 0 Å². The molecule has 0 amide bonds. The zero-order valence-electron chi connectivity index (χ0n) is 12.5. The zero-order chi connectivity index (χ0) is 15.5. The van der Waals surface area contributed by atoms with Crippen LogP contribution in [0, 0.1) is 6.92 Å². The van der Waals surface area contributed by atoms with Crippen molar-refractivity contribution in [2.75, 3.05) is 24.9 Å². The van der Waals surface area contributed by atoms with Crippen molar-refractivity contribution in [2.24, 2.45) is 5.73 Å². The van der Waals surface area contributed by atoms with Gasteiger partial charge in [0.2, 0.25) is 0 Å². The molecule has 0 aromatic heterocycles. The van der Waals surface area contributed by atoms with Gasteiger partial charge < -0.3 is 10.5 Å². The number of hydrogen-bond acceptors (Lipinski definition) is 4. The molecule has 7 heteroatoms. The van der Waals surface area contributed by atoms with Gasteiger partial charge in [-0.3, -0.25) is 4.72 Å². The highest BCUT2D eigenvalue weighted by Crippen LogP contribution is 2.25. The second-order valence-corrected chi connectivity index (χ2v) is 6.91. The molecule has 0 bridgehead atoms. The number of rotatable bonds is 5. The maximum Gasteiger partial charge on any atom is 0.301 e. The lowest BCUT2D eigenvalue weighted by Crippen LogP contribution is -2.49. The van der Waals surface area contributed by atoms with Gasteiger partial charge in [-0.1, -0.05) is 6.42 Å². The average molecular weight is 313 g/mol. The Hall–Kier alpha value is -1.31. The summed E-state index contributed by atoms with van der Waals surface area (Å²) in [5.41, 5.74) is 7.11. The normalized spacial score (nSPS) is 20.2. The Kier molecular flexibility index (Phi) is 5.08. The minimum atomic E-state index is -3.57. The summed E-state index contributed by atoms with van der Waals surface area (Å²) >= 11 is 0. The fourth-order valence-corrected chi connectivity index (χ4v) is 4.17. The van der Waals surface area contributed by atoms with E-state index in [1.54, 1.807) is 25.3 Å². The first-order valence-electron chi connectivity index (χ1n) is 7.12. The van der Waals surface area contributed by atoms with E-state index in [1.807, 2.05) is 6.92 Å². The van der Waals surface area contributed by atoms with Crippen molar-refractivity contribution in [3.63, 3.8) is 0 Å². The van der Waals surface area contributed by atoms with Gasteiger partial charge in [0.15, 0.2) is 0 Å². The SMILES string of the molecule is COc1ccc(NS(=O)(=O)N2CCCCC2CN)cc1C. The Morgan fingerprint density at radius 1 is 1.43 bits per heavy atom. The number of piperidine rings is 1. The van der Waals surface area contributed by atoms with Crippen LogP contribution >= 0.6 is 0 Å². The summed E-state index contributed by atoms with van der Waals surface area (Å²) in [6, 6.07) is 5.10. The van der Waals surface area contributed by atoms with Crippen LogP contribution in [0.25, 0.3) is 0 Å². The molecule has 0 aliphatic carbocycles. The number of methoxy groups -OCH3 is 1. The van der Waals surface area contributed by atoms with Gasteiger partial charge >= 0.3 is 10.2 Å². The van der Waals surface area contributed by atoms with E-state index in [0.717, 1.165) is 30.6 Å². The molecule has 21 heavy (non-hydrogen) atoms. The molecule has 118 valence electrons. The standard InChI is InChI=1S/C14H23N3O3S/c1-11-9-12(6-7-14(11)20-2)16-21(18,19)17-8-4-3-5-13(17)10-15/h6-7,9,13,16H,3-5,8,10,15H2,1-2H3. The van der Waals surface area contributed by atoms with Crippen molar-refractivity contribution >= 4 is 15.9 Å². The van der Waals surface area contributed by atoms with Crippen molar-refractivity contribution in [2.45, 2.75) is 32.2 Å². The smallest absolute Gasteiger partial charge is 0.301 e. The van der Waals surface area contributed by atoms with E-state index in [0.29, 0.717) is 18.8 Å². The van der Waals surface area contributed by atoms with Crippen molar-refractivity contribution in [3.8, 4) is 5.75 Å². The summed E-state index contributed by atoms with van der Waals surface area (Å²) in [5, 5.41) is 0. The molecule has 1 aromatic carbocycles. The number of nitrogens with two attached hydrogens (primary N) is 1. The van der Waals surface area contributed by atoms with E-state index in [2.05, 4.69) is 4.72 Å². The van der Waals surface area contributed by atoms with Crippen LogP contribution in [0.5, 0.6) is 5.75 Å². The average Bonchev–Trinajstić information content (AvgIpc) is 2.47. The van der Waals surface area contributed by atoms with Crippen molar-refractivity contribution in [3.05, 3.63) is 23.8 Å². The highest BCUT2D eigenvalue weighted by molar-refractivity contribution is 7.90. The molecule has 0 radical (unpaired) electrons. The van der Waals surface area contributed by atoms with Gasteiger partial charge in [-0.15, -0.1) is 0 Å². The number of aryl methyl sites for hydroxylation is 1. The summed E-state index contributed by atoms with van der Waals surface area (Å²) in [4.78, 5) is 0. The van der Waals surface area contributed by atoms with Crippen LogP contribution in [0.2, 0.25) is 0 Å². The lowest BCUT2D eigenvalue weighted by molar-refractivity contribution is 0.259. The topological polar surface area (TPSA) is 84.7 Å². The monoisotopic (exact) mass is 313 g/mol. The molecule has 2 rings (SSSR count). The van der Waals surface area contributed by atoms with Gasteiger partial charge in [-0.05, 0) is 43.5 Å². The summed E-state index contributed by atoms with van der Waals surface area (Å²) in [6.45, 7) is 2.75. The van der Waals surface area contributed by atoms with Crippen molar-refractivity contribution in [1.29, 1.82) is 0 Å². The molecular formula is C14H23N3O3S. The summed E-state index contributed by atoms with van der Waals surface area (Å²) in [5.74, 6) is 0.732. The highest BCUT2D eigenvalue weighted by atomic mass is 32.2. The Morgan fingerprint density at radius 3 is 2.81 bits per heavy atom. The number of hydrogen-bond donors (Lipinski definition) is 2. The molecule has 1 aromatic rings. The lowest BCUT2D eigenvalue weighted by atomic mass is 10.1. The molecule has 1 unspecified atom stereocenters. The molecule has 0 saturated carbocycles. The number of nitrogens with zero attached hydrogens (tertiary/aromatic N) is 1. The van der Waals surface area contributed by atoms with E-state index in [4.69, 9.17) is 10.5 Å². The molecular weight excluding hydrogens is 290 g/mol. The van der Waals surface area contributed by atoms with Gasteiger partial charge in [-0.2, -0.15) is 12.7 Å². The third kappa shape index (κ3) is 3.66. The summed E-state index contributed by atoms with van der Waals surface area (Å²) in [7, 11) is -1.98. The second kappa shape index (κ2) is 6.64. The Labute approximate surface area is 126 Å². The molecule has 1 aliphatic rings. The number of benzene rings is 1. The minimum absolute atomic E-state index is 0.115. The first-order chi connectivity index (χ1) is 9.97. The van der Waals surface area contributed by atoms with Gasteiger partial charge in [0.05, 0.1) is 12.8 Å². The molecule has 3 N–H and O–H groups in total. The van der Waals surface area contributed by atoms with Crippen LogP contribution in [0.1, 0.15) is 24.8 Å². The quantitative estimate of drug-likeness (QED) is 0.862. The molecule has 1 atom stereocenters. The Morgan fingerprint density at radius 2 is 2.19 bits per heavy atom. The van der Waals surface area contributed by atoms with Gasteiger partial charge in [0.1, 0.15) is 5.75 Å². The first-order valence-corrected chi connectivity index (χ1v) is 8.56. The summed E-state index contributed by atoms with van der Waals surface area (Å²) < 4.78 is 34.3. The zero-order valence-corrected chi connectivity index (χ0v) is 13.3. The number of ether oxygens (including phenoxy) is 1. The molecule has 1 heterocycles. The van der Waals surface area contributed by atoms with E-state index < -0.39 is 10.2 Å². The molecule has 0 spiro atoms. The molecule has 1 fully saturated rings. The highest BCUT2D eigenvalue weighted by Gasteiger charge is 2.31. The molecule has 1 aliphatic heterocycles. The van der Waals surface area contributed by atoms with Crippen LogP contribution in [-0.4, -0.2) is 39.0 Å². The Balaban J connectivity index is 2.18. The minimum Gasteiger partial charge on any atom is -0.496 e. The molecule has 1 saturated heterocycles. The van der Waals surface area contributed by atoms with Crippen LogP contribution in [0.3, 0.4) is 0 Å². The van der Waals surface area contributed by atoms with E-state index >= 15 is 0 Å². The summed E-state index contributed by atoms with van der Waals surface area (Å²) in [6.07, 6.45) is 2.72. The second-order valence-electron chi connectivity index (χ2n) is 5.29. The Bertz CT molecular complexity index is 589. The maximum atomic E-state index is 12.5. The third-order valence-corrected chi connectivity index (χ3v) is 5.39. The maximum absolute atomic E-state index is 12.5. The third-order valence-electron chi connectivity index (χ3n) is 3.80. The largest absolute Gasteiger partial charge is 0.496 e. The van der Waals surface area contributed by atoms with Crippen LogP contribution < -0.4 is 15.2 Å². The first kappa shape index (κ1) is 16.1. The van der Waals surface area contributed by atoms with E-state index in [-0.39, 0.29) is 6.04 Å². The van der Waals surface area contributed by atoms with Crippen molar-refractivity contribution in [1.82, 2.24) is 4.31 Å². The number of anilines is 1. The van der Waals surface area contributed by atoms with Gasteiger partial charge in [0.25, 0.3) is 0 Å². The van der Waals surface area contributed by atoms with Crippen molar-refractivity contribution < 1.29 is 13.2 Å². The van der Waals surface area contributed by atoms with Gasteiger partial charge in [0, 0.05) is 19.1 Å².